The molecule has 2 aliphatic heterocycles. The van der Waals surface area contributed by atoms with E-state index in [1.54, 1.807) is 41.1 Å². The Labute approximate surface area is 168 Å². The van der Waals surface area contributed by atoms with Gasteiger partial charge in [-0.1, -0.05) is 5.16 Å². The largest absolute Gasteiger partial charge is 0.477 e. The monoisotopic (exact) mass is 400 g/mol. The van der Waals surface area contributed by atoms with Crippen LogP contribution in [0.4, 0.5) is 0 Å². The summed E-state index contributed by atoms with van der Waals surface area (Å²) in [6.07, 6.45) is 1.60. The lowest BCUT2D eigenvalue weighted by atomic mass is 10.1. The van der Waals surface area contributed by atoms with Crippen LogP contribution in [-0.4, -0.2) is 77.3 Å². The van der Waals surface area contributed by atoms with E-state index in [-0.39, 0.29) is 29.5 Å². The molecular weight excluding hydrogens is 376 g/mol. The number of fused-ring (bicyclic) bond motifs is 3. The Morgan fingerprint density at radius 3 is 2.86 bits per heavy atom. The zero-order chi connectivity index (χ0) is 20.4. The van der Waals surface area contributed by atoms with Crippen LogP contribution in [0.2, 0.25) is 0 Å². The number of carbonyl (C=O) groups is 2. The van der Waals surface area contributed by atoms with Crippen LogP contribution in [0.3, 0.4) is 0 Å². The molecule has 0 N–H and O–H groups in total. The van der Waals surface area contributed by atoms with Crippen molar-refractivity contribution >= 4 is 11.8 Å². The Morgan fingerprint density at radius 2 is 2.10 bits per heavy atom. The maximum absolute atomic E-state index is 13.4. The molecule has 0 unspecified atom stereocenters. The van der Waals surface area contributed by atoms with Crippen molar-refractivity contribution in [2.45, 2.75) is 19.9 Å². The Bertz CT molecular complexity index is 899. The van der Waals surface area contributed by atoms with Gasteiger partial charge in [0.05, 0.1) is 25.9 Å². The first-order valence-corrected chi connectivity index (χ1v) is 9.76. The second-order valence-corrected chi connectivity index (χ2v) is 7.34. The zero-order valence-electron chi connectivity index (χ0n) is 16.5. The molecule has 9 heteroatoms. The van der Waals surface area contributed by atoms with Gasteiger partial charge in [-0.25, -0.2) is 4.98 Å². The zero-order valence-corrected chi connectivity index (χ0v) is 16.5. The first-order chi connectivity index (χ1) is 14.1. The minimum Gasteiger partial charge on any atom is -0.477 e. The molecule has 2 amide bonds. The highest BCUT2D eigenvalue weighted by molar-refractivity contribution is 5.97. The van der Waals surface area contributed by atoms with Gasteiger partial charge in [0.1, 0.15) is 11.3 Å². The maximum Gasteiger partial charge on any atom is 0.276 e. The van der Waals surface area contributed by atoms with Gasteiger partial charge in [-0.05, 0) is 26.0 Å². The van der Waals surface area contributed by atoms with Crippen molar-refractivity contribution in [2.24, 2.45) is 5.92 Å². The van der Waals surface area contributed by atoms with Gasteiger partial charge in [0.2, 0.25) is 5.88 Å². The molecule has 2 fully saturated rings. The first kappa shape index (κ1) is 19.4. The van der Waals surface area contributed by atoms with Gasteiger partial charge in [-0.2, -0.15) is 0 Å². The summed E-state index contributed by atoms with van der Waals surface area (Å²) in [6, 6.07) is 4.81. The van der Waals surface area contributed by atoms with Crippen molar-refractivity contribution in [3.05, 3.63) is 41.4 Å². The molecule has 29 heavy (non-hydrogen) atoms. The number of carbonyl (C=O) groups excluding carboxylic acids is 2. The van der Waals surface area contributed by atoms with Gasteiger partial charge >= 0.3 is 0 Å². The lowest BCUT2D eigenvalue weighted by Gasteiger charge is -2.31. The van der Waals surface area contributed by atoms with Crippen LogP contribution in [0, 0.1) is 12.8 Å². The van der Waals surface area contributed by atoms with Gasteiger partial charge in [-0.3, -0.25) is 9.59 Å². The molecule has 0 saturated carbocycles. The van der Waals surface area contributed by atoms with E-state index in [1.807, 2.05) is 6.92 Å². The lowest BCUT2D eigenvalue weighted by molar-refractivity contribution is 0.0375. The summed E-state index contributed by atoms with van der Waals surface area (Å²) < 4.78 is 16.4. The maximum atomic E-state index is 13.4. The predicted octanol–water partition coefficient (Wildman–Crippen LogP) is 1.39. The molecule has 0 spiro atoms. The van der Waals surface area contributed by atoms with Crippen LogP contribution in [0.25, 0.3) is 0 Å². The number of pyridine rings is 1. The summed E-state index contributed by atoms with van der Waals surface area (Å²) in [6.45, 7) is 6.26. The van der Waals surface area contributed by atoms with Crippen LogP contribution >= 0.6 is 0 Å². The van der Waals surface area contributed by atoms with Crippen molar-refractivity contribution in [3.63, 3.8) is 0 Å². The van der Waals surface area contributed by atoms with Gasteiger partial charge in [-0.15, -0.1) is 0 Å². The molecule has 4 heterocycles. The summed E-state index contributed by atoms with van der Waals surface area (Å²) in [5.41, 5.74) is 0.707. The van der Waals surface area contributed by atoms with E-state index >= 15 is 0 Å². The van der Waals surface area contributed by atoms with E-state index in [9.17, 15) is 9.59 Å². The Morgan fingerprint density at radius 1 is 1.24 bits per heavy atom. The highest BCUT2D eigenvalue weighted by atomic mass is 16.5. The normalized spacial score (nSPS) is 21.6. The van der Waals surface area contributed by atoms with Crippen LogP contribution < -0.4 is 4.74 Å². The van der Waals surface area contributed by atoms with Gasteiger partial charge in [0, 0.05) is 37.8 Å². The number of ether oxygens (including phenoxy) is 2. The van der Waals surface area contributed by atoms with E-state index in [2.05, 4.69) is 10.1 Å². The molecule has 2 saturated heterocycles. The molecule has 0 aromatic carbocycles. The molecule has 154 valence electrons. The van der Waals surface area contributed by atoms with E-state index in [4.69, 9.17) is 14.0 Å². The molecule has 2 atom stereocenters. The van der Waals surface area contributed by atoms with Crippen LogP contribution in [0.15, 0.2) is 28.9 Å². The molecule has 2 aromatic rings. The summed E-state index contributed by atoms with van der Waals surface area (Å²) in [4.78, 5) is 34.0. The van der Waals surface area contributed by atoms with E-state index in [0.717, 1.165) is 0 Å². The van der Waals surface area contributed by atoms with E-state index < -0.39 is 0 Å². The molecule has 0 aliphatic carbocycles. The minimum absolute atomic E-state index is 0.00983. The third kappa shape index (κ3) is 3.95. The van der Waals surface area contributed by atoms with Crippen LogP contribution in [-0.2, 0) is 4.74 Å². The standard InChI is InChI=1S/C20H24N4O5/c1-3-28-18-16(5-4-6-21-18)19(25)24-9-14-8-23(10-15(24)12-27-11-14)20(26)17-7-13(2)29-22-17/h4-7,14-15H,3,8-12H2,1-2H3/t14-,15-/m0/s1. The van der Waals surface area contributed by atoms with Crippen molar-refractivity contribution in [2.75, 3.05) is 39.5 Å². The number of aromatic nitrogens is 2. The number of hydrogen-bond acceptors (Lipinski definition) is 7. The Hall–Kier alpha value is -2.94. The summed E-state index contributed by atoms with van der Waals surface area (Å²) in [7, 11) is 0. The number of nitrogens with zero attached hydrogens (tertiary/aromatic N) is 4. The fourth-order valence-electron chi connectivity index (χ4n) is 3.85. The van der Waals surface area contributed by atoms with Crippen molar-refractivity contribution < 1.29 is 23.6 Å². The fraction of sp³-hybridized carbons (Fsp3) is 0.500. The number of amides is 2. The Kier molecular flexibility index (Phi) is 5.48. The molecule has 4 rings (SSSR count). The van der Waals surface area contributed by atoms with E-state index in [1.165, 1.54) is 0 Å². The van der Waals surface area contributed by atoms with Gasteiger partial charge < -0.3 is 23.8 Å². The van der Waals surface area contributed by atoms with Gasteiger partial charge in [0.25, 0.3) is 11.8 Å². The smallest absolute Gasteiger partial charge is 0.276 e. The lowest BCUT2D eigenvalue weighted by Crippen LogP contribution is -2.48. The fourth-order valence-corrected chi connectivity index (χ4v) is 3.85. The molecular formula is C20H24N4O5. The van der Waals surface area contributed by atoms with Crippen molar-refractivity contribution in [1.82, 2.24) is 19.9 Å². The topological polar surface area (TPSA) is 98.0 Å². The summed E-state index contributed by atoms with van der Waals surface area (Å²) in [5, 5.41) is 3.85. The molecule has 2 bridgehead atoms. The highest BCUT2D eigenvalue weighted by Gasteiger charge is 2.39. The molecule has 2 aliphatic rings. The summed E-state index contributed by atoms with van der Waals surface area (Å²) in [5.74, 6) is 0.572. The Balaban J connectivity index is 1.59. The second kappa shape index (κ2) is 8.20. The average molecular weight is 400 g/mol. The van der Waals surface area contributed by atoms with E-state index in [0.29, 0.717) is 56.7 Å². The van der Waals surface area contributed by atoms with Crippen molar-refractivity contribution in [3.8, 4) is 5.88 Å². The number of hydrogen-bond donors (Lipinski definition) is 0. The average Bonchev–Trinajstić information content (AvgIpc) is 2.94. The second-order valence-electron chi connectivity index (χ2n) is 7.34. The highest BCUT2D eigenvalue weighted by Crippen LogP contribution is 2.25. The molecule has 2 aromatic heterocycles. The third-order valence-electron chi connectivity index (χ3n) is 5.15. The molecule has 0 radical (unpaired) electrons. The van der Waals surface area contributed by atoms with Crippen LogP contribution in [0.1, 0.15) is 33.5 Å². The minimum atomic E-state index is -0.262. The number of aryl methyl sites for hydroxylation is 1. The van der Waals surface area contributed by atoms with Crippen LogP contribution in [0.5, 0.6) is 5.88 Å². The van der Waals surface area contributed by atoms with Gasteiger partial charge in [0.15, 0.2) is 5.69 Å². The SMILES string of the molecule is CCOc1ncccc1C(=O)N1C[C@H]2COC[C@@H]1CN(C(=O)c1cc(C)on1)C2. The quantitative estimate of drug-likeness (QED) is 0.765. The third-order valence-corrected chi connectivity index (χ3v) is 5.15. The molecule has 9 nitrogen and oxygen atoms in total. The first-order valence-electron chi connectivity index (χ1n) is 9.76. The number of rotatable bonds is 4. The van der Waals surface area contributed by atoms with Crippen molar-refractivity contribution in [1.29, 1.82) is 0 Å². The predicted molar refractivity (Wildman–Crippen MR) is 102 cm³/mol. The summed E-state index contributed by atoms with van der Waals surface area (Å²) >= 11 is 0.